The Morgan fingerprint density at radius 2 is 1.77 bits per heavy atom. The predicted molar refractivity (Wildman–Crippen MR) is 121 cm³/mol. The Morgan fingerprint density at radius 1 is 0.923 bits per heavy atom. The Bertz CT molecular complexity index is 1110. The van der Waals surface area contributed by atoms with Crippen molar-refractivity contribution in [1.82, 2.24) is 4.98 Å². The molecular formula is C23H20INS. The molecule has 26 heavy (non-hydrogen) atoms. The smallest absolute Gasteiger partial charge is 0.123 e. The fourth-order valence-corrected chi connectivity index (χ4v) is 4.77. The molecule has 3 heteroatoms. The maximum absolute atomic E-state index is 4.91. The third-order valence-electron chi connectivity index (χ3n) is 4.89. The van der Waals surface area contributed by atoms with Crippen molar-refractivity contribution in [2.75, 3.05) is 0 Å². The highest BCUT2D eigenvalue weighted by molar-refractivity contribution is 14.1. The third kappa shape index (κ3) is 3.42. The van der Waals surface area contributed by atoms with Crippen molar-refractivity contribution >= 4 is 44.7 Å². The number of nitrogens with zero attached hydrogens (tertiary/aromatic N) is 1. The summed E-state index contributed by atoms with van der Waals surface area (Å²) in [6.07, 6.45) is 0.896. The Morgan fingerprint density at radius 3 is 2.62 bits per heavy atom. The normalized spacial score (nSPS) is 11.2. The van der Waals surface area contributed by atoms with Crippen LogP contribution in [0.2, 0.25) is 0 Å². The van der Waals surface area contributed by atoms with E-state index in [1.54, 1.807) is 11.3 Å². The van der Waals surface area contributed by atoms with Gasteiger partial charge in [-0.2, -0.15) is 0 Å². The van der Waals surface area contributed by atoms with E-state index in [0.29, 0.717) is 0 Å². The van der Waals surface area contributed by atoms with Crippen molar-refractivity contribution < 1.29 is 0 Å². The molecule has 0 aliphatic heterocycles. The van der Waals surface area contributed by atoms with Crippen molar-refractivity contribution in [3.63, 3.8) is 0 Å². The first-order valence-corrected chi connectivity index (χ1v) is 10.7. The standard InChI is InChI=1S/C23H20INS/c1-14-5-4-6-17-11-18(7-8-21(14)17)23-25-20(13-26-23)12-19-9-16(3)22(24)10-15(19)2/h4-11,13H,12H2,1-3H3. The molecule has 0 fully saturated rings. The van der Waals surface area contributed by atoms with Crippen molar-refractivity contribution in [1.29, 1.82) is 0 Å². The van der Waals surface area contributed by atoms with E-state index in [4.69, 9.17) is 4.98 Å². The average molecular weight is 469 g/mol. The topological polar surface area (TPSA) is 12.9 Å². The number of benzene rings is 3. The lowest BCUT2D eigenvalue weighted by Gasteiger charge is -2.07. The zero-order valence-corrected chi connectivity index (χ0v) is 18.1. The molecule has 0 aliphatic carbocycles. The molecule has 0 radical (unpaired) electrons. The minimum absolute atomic E-state index is 0.896. The van der Waals surface area contributed by atoms with Gasteiger partial charge >= 0.3 is 0 Å². The lowest BCUT2D eigenvalue weighted by molar-refractivity contribution is 1.08. The molecule has 130 valence electrons. The number of aromatic nitrogens is 1. The fourth-order valence-electron chi connectivity index (χ4n) is 3.33. The number of hydrogen-bond donors (Lipinski definition) is 0. The van der Waals surface area contributed by atoms with E-state index < -0.39 is 0 Å². The van der Waals surface area contributed by atoms with E-state index in [0.717, 1.165) is 17.1 Å². The summed E-state index contributed by atoms with van der Waals surface area (Å²) in [6.45, 7) is 6.53. The van der Waals surface area contributed by atoms with Crippen LogP contribution in [-0.4, -0.2) is 4.98 Å². The van der Waals surface area contributed by atoms with Gasteiger partial charge in [-0.3, -0.25) is 0 Å². The maximum Gasteiger partial charge on any atom is 0.123 e. The van der Waals surface area contributed by atoms with Crippen LogP contribution in [0.5, 0.6) is 0 Å². The summed E-state index contributed by atoms with van der Waals surface area (Å²) in [5, 5.41) is 5.90. The van der Waals surface area contributed by atoms with E-state index in [-0.39, 0.29) is 0 Å². The SMILES string of the molecule is Cc1cc(Cc2csc(-c3ccc4c(C)cccc4c3)n2)c(C)cc1I. The Balaban J connectivity index is 1.65. The lowest BCUT2D eigenvalue weighted by atomic mass is 10.0. The van der Waals surface area contributed by atoms with E-state index in [2.05, 4.69) is 97.3 Å². The number of fused-ring (bicyclic) bond motifs is 1. The van der Waals surface area contributed by atoms with E-state index >= 15 is 0 Å². The number of thiazole rings is 1. The molecule has 0 unspecified atom stereocenters. The van der Waals surface area contributed by atoms with Gasteiger partial charge in [-0.15, -0.1) is 11.3 Å². The van der Waals surface area contributed by atoms with Gasteiger partial charge in [0.15, 0.2) is 0 Å². The van der Waals surface area contributed by atoms with Crippen molar-refractivity contribution in [3.05, 3.63) is 85.4 Å². The molecule has 0 spiro atoms. The first kappa shape index (κ1) is 17.7. The van der Waals surface area contributed by atoms with E-state index in [1.807, 2.05) is 0 Å². The first-order valence-electron chi connectivity index (χ1n) is 8.71. The van der Waals surface area contributed by atoms with Crippen LogP contribution in [0.1, 0.15) is 27.9 Å². The van der Waals surface area contributed by atoms with E-state index in [1.165, 1.54) is 42.2 Å². The summed E-state index contributed by atoms with van der Waals surface area (Å²) in [4.78, 5) is 4.91. The summed E-state index contributed by atoms with van der Waals surface area (Å²) in [7, 11) is 0. The Labute approximate surface area is 172 Å². The second kappa shape index (κ2) is 7.12. The molecule has 0 saturated heterocycles. The lowest BCUT2D eigenvalue weighted by Crippen LogP contribution is -1.95. The van der Waals surface area contributed by atoms with Crippen molar-refractivity contribution in [2.24, 2.45) is 0 Å². The minimum atomic E-state index is 0.896. The molecule has 0 saturated carbocycles. The van der Waals surface area contributed by atoms with Gasteiger partial charge in [0.1, 0.15) is 5.01 Å². The molecule has 3 aromatic carbocycles. The first-order chi connectivity index (χ1) is 12.5. The zero-order chi connectivity index (χ0) is 18.3. The Hall–Kier alpha value is -1.72. The zero-order valence-electron chi connectivity index (χ0n) is 15.1. The van der Waals surface area contributed by atoms with Gasteiger partial charge in [-0.1, -0.05) is 36.4 Å². The number of aryl methyl sites for hydroxylation is 3. The van der Waals surface area contributed by atoms with Gasteiger partial charge in [0.25, 0.3) is 0 Å². The molecular weight excluding hydrogens is 449 g/mol. The van der Waals surface area contributed by atoms with Gasteiger partial charge < -0.3 is 0 Å². The van der Waals surface area contributed by atoms with Gasteiger partial charge in [0, 0.05) is 20.9 Å². The fraction of sp³-hybridized carbons (Fsp3) is 0.174. The molecule has 0 N–H and O–H groups in total. The third-order valence-corrected chi connectivity index (χ3v) is 6.99. The van der Waals surface area contributed by atoms with Crippen molar-refractivity contribution in [3.8, 4) is 10.6 Å². The van der Waals surface area contributed by atoms with Crippen LogP contribution in [-0.2, 0) is 6.42 Å². The monoisotopic (exact) mass is 469 g/mol. The molecule has 1 aromatic heterocycles. The summed E-state index contributed by atoms with van der Waals surface area (Å²) < 4.78 is 1.33. The maximum atomic E-state index is 4.91. The van der Waals surface area contributed by atoms with Crippen LogP contribution in [0.4, 0.5) is 0 Å². The van der Waals surface area contributed by atoms with Gasteiger partial charge in [-0.25, -0.2) is 4.98 Å². The van der Waals surface area contributed by atoms with Crippen LogP contribution in [0.15, 0.2) is 53.9 Å². The highest BCUT2D eigenvalue weighted by Gasteiger charge is 2.09. The van der Waals surface area contributed by atoms with E-state index in [9.17, 15) is 0 Å². The molecule has 0 bridgehead atoms. The summed E-state index contributed by atoms with van der Waals surface area (Å²) in [6, 6.07) is 17.7. The molecule has 4 rings (SSSR count). The number of rotatable bonds is 3. The van der Waals surface area contributed by atoms with Gasteiger partial charge in [-0.05, 0) is 88.5 Å². The van der Waals surface area contributed by atoms with Crippen LogP contribution in [0.3, 0.4) is 0 Å². The molecule has 1 nitrogen and oxygen atoms in total. The summed E-state index contributed by atoms with van der Waals surface area (Å²) in [5.74, 6) is 0. The van der Waals surface area contributed by atoms with Gasteiger partial charge in [0.05, 0.1) is 5.69 Å². The highest BCUT2D eigenvalue weighted by Crippen LogP contribution is 2.29. The van der Waals surface area contributed by atoms with Crippen LogP contribution >= 0.6 is 33.9 Å². The van der Waals surface area contributed by atoms with Crippen molar-refractivity contribution in [2.45, 2.75) is 27.2 Å². The Kier molecular flexibility index (Phi) is 4.84. The molecule has 0 atom stereocenters. The highest BCUT2D eigenvalue weighted by atomic mass is 127. The van der Waals surface area contributed by atoms with Gasteiger partial charge in [0.2, 0.25) is 0 Å². The number of halogens is 1. The average Bonchev–Trinajstić information content (AvgIpc) is 3.08. The minimum Gasteiger partial charge on any atom is -0.241 e. The summed E-state index contributed by atoms with van der Waals surface area (Å²) >= 11 is 4.14. The van der Waals surface area contributed by atoms with Crippen LogP contribution in [0.25, 0.3) is 21.3 Å². The molecule has 4 aromatic rings. The van der Waals surface area contributed by atoms with Crippen LogP contribution in [0, 0.1) is 24.3 Å². The summed E-state index contributed by atoms with van der Waals surface area (Å²) in [5.41, 5.74) is 7.72. The molecule has 0 amide bonds. The van der Waals surface area contributed by atoms with Crippen LogP contribution < -0.4 is 0 Å². The number of hydrogen-bond acceptors (Lipinski definition) is 2. The second-order valence-electron chi connectivity index (χ2n) is 6.86. The molecule has 1 heterocycles. The largest absolute Gasteiger partial charge is 0.241 e. The predicted octanol–water partition coefficient (Wildman–Crippen LogP) is 7.08. The molecule has 0 aliphatic rings. The second-order valence-corrected chi connectivity index (χ2v) is 8.88. The quantitative estimate of drug-likeness (QED) is 0.292.